The van der Waals surface area contributed by atoms with Gasteiger partial charge in [0.05, 0.1) is 10.6 Å². The summed E-state index contributed by atoms with van der Waals surface area (Å²) in [6.07, 6.45) is 1.10. The number of sulfonamides is 1. The molecule has 0 spiro atoms. The number of nitrogens with zero attached hydrogens (tertiary/aromatic N) is 2. The molecule has 3 aromatic rings. The van der Waals surface area contributed by atoms with Crippen LogP contribution in [0.3, 0.4) is 0 Å². The minimum Gasteiger partial charge on any atom is -0.352 e. The minimum atomic E-state index is -4.10. The first kappa shape index (κ1) is 32.2. The summed E-state index contributed by atoms with van der Waals surface area (Å²) in [5, 5.41) is 3.54. The van der Waals surface area contributed by atoms with Crippen LogP contribution in [-0.4, -0.2) is 43.8 Å². The number of amides is 2. The molecule has 0 aliphatic rings. The number of carbonyl (C=O) groups excluding carboxylic acids is 2. The first-order chi connectivity index (χ1) is 19.5. The van der Waals surface area contributed by atoms with Crippen LogP contribution in [0.1, 0.15) is 64.5 Å². The molecule has 7 nitrogen and oxygen atoms in total. The Balaban J connectivity index is 2.05. The summed E-state index contributed by atoms with van der Waals surface area (Å²) in [5.41, 5.74) is 2.20. The molecule has 0 aliphatic heterocycles. The zero-order valence-electron chi connectivity index (χ0n) is 24.4. The normalized spacial score (nSPS) is 13.0. The summed E-state index contributed by atoms with van der Waals surface area (Å²) in [6.45, 7) is 9.48. The third-order valence-corrected chi connectivity index (χ3v) is 9.15. The van der Waals surface area contributed by atoms with Crippen LogP contribution in [0.4, 0.5) is 5.69 Å². The van der Waals surface area contributed by atoms with Crippen molar-refractivity contribution in [2.24, 2.45) is 0 Å². The van der Waals surface area contributed by atoms with Crippen LogP contribution < -0.4 is 9.62 Å². The fourth-order valence-corrected chi connectivity index (χ4v) is 5.98. The Morgan fingerprint density at radius 1 is 0.854 bits per heavy atom. The van der Waals surface area contributed by atoms with E-state index in [4.69, 9.17) is 11.6 Å². The lowest BCUT2D eigenvalue weighted by atomic mass is 10.0. The summed E-state index contributed by atoms with van der Waals surface area (Å²) in [5.74, 6) is -0.504. The maximum atomic E-state index is 14.1. The molecular weight excluding hydrogens is 558 g/mol. The van der Waals surface area contributed by atoms with Gasteiger partial charge in [0.2, 0.25) is 11.8 Å². The van der Waals surface area contributed by atoms with E-state index in [1.165, 1.54) is 17.0 Å². The second-order valence-corrected chi connectivity index (χ2v) is 12.8. The van der Waals surface area contributed by atoms with Crippen LogP contribution in [-0.2, 0) is 26.2 Å². The molecule has 220 valence electrons. The maximum Gasteiger partial charge on any atom is 0.264 e. The molecule has 0 bridgehead atoms. The van der Waals surface area contributed by atoms with Crippen molar-refractivity contribution in [1.82, 2.24) is 10.2 Å². The first-order valence-electron chi connectivity index (χ1n) is 14.0. The maximum absolute atomic E-state index is 14.1. The van der Waals surface area contributed by atoms with E-state index in [2.05, 4.69) is 19.2 Å². The quantitative estimate of drug-likeness (QED) is 0.248. The predicted molar refractivity (Wildman–Crippen MR) is 165 cm³/mol. The van der Waals surface area contributed by atoms with Gasteiger partial charge in [-0.2, -0.15) is 0 Å². The number of anilines is 1. The van der Waals surface area contributed by atoms with Gasteiger partial charge in [-0.3, -0.25) is 13.9 Å². The molecule has 0 radical (unpaired) electrons. The average Bonchev–Trinajstić information content (AvgIpc) is 2.97. The van der Waals surface area contributed by atoms with Crippen molar-refractivity contribution in [3.63, 3.8) is 0 Å². The van der Waals surface area contributed by atoms with Crippen LogP contribution >= 0.6 is 11.6 Å². The molecule has 9 heteroatoms. The molecule has 2 amide bonds. The molecule has 1 N–H and O–H groups in total. The van der Waals surface area contributed by atoms with E-state index in [-0.39, 0.29) is 29.3 Å². The van der Waals surface area contributed by atoms with Gasteiger partial charge in [-0.05, 0) is 73.2 Å². The molecule has 0 saturated heterocycles. The predicted octanol–water partition coefficient (Wildman–Crippen LogP) is 6.38. The van der Waals surface area contributed by atoms with Crippen molar-refractivity contribution in [1.29, 1.82) is 0 Å². The Bertz CT molecular complexity index is 1400. The van der Waals surface area contributed by atoms with Gasteiger partial charge in [-0.1, -0.05) is 81.8 Å². The van der Waals surface area contributed by atoms with Crippen LogP contribution in [0.5, 0.6) is 0 Å². The highest BCUT2D eigenvalue weighted by Gasteiger charge is 2.34. The largest absolute Gasteiger partial charge is 0.352 e. The van der Waals surface area contributed by atoms with E-state index in [1.54, 1.807) is 54.6 Å². The van der Waals surface area contributed by atoms with Gasteiger partial charge in [0.15, 0.2) is 0 Å². The van der Waals surface area contributed by atoms with Crippen LogP contribution in [0.15, 0.2) is 83.8 Å². The molecule has 2 atom stereocenters. The smallest absolute Gasteiger partial charge is 0.264 e. The summed E-state index contributed by atoms with van der Waals surface area (Å²) >= 11 is 6.08. The van der Waals surface area contributed by atoms with Gasteiger partial charge in [-0.25, -0.2) is 8.42 Å². The number of hydrogen-bond acceptors (Lipinski definition) is 4. The zero-order valence-corrected chi connectivity index (χ0v) is 26.0. The van der Waals surface area contributed by atoms with Crippen molar-refractivity contribution in [2.75, 3.05) is 10.8 Å². The lowest BCUT2D eigenvalue weighted by molar-refractivity contribution is -0.140. The van der Waals surface area contributed by atoms with E-state index in [1.807, 2.05) is 32.9 Å². The summed E-state index contributed by atoms with van der Waals surface area (Å²) in [4.78, 5) is 29.0. The third kappa shape index (κ3) is 8.33. The summed E-state index contributed by atoms with van der Waals surface area (Å²) < 4.78 is 29.0. The van der Waals surface area contributed by atoms with Gasteiger partial charge in [0.25, 0.3) is 10.0 Å². The number of benzene rings is 3. The molecule has 0 heterocycles. The highest BCUT2D eigenvalue weighted by molar-refractivity contribution is 7.92. The molecule has 0 saturated carbocycles. The molecule has 0 aliphatic carbocycles. The number of halogens is 1. The van der Waals surface area contributed by atoms with E-state index in [0.29, 0.717) is 17.1 Å². The van der Waals surface area contributed by atoms with Crippen molar-refractivity contribution in [2.45, 2.75) is 76.9 Å². The van der Waals surface area contributed by atoms with Crippen LogP contribution in [0.2, 0.25) is 5.02 Å². The second-order valence-electron chi connectivity index (χ2n) is 10.5. The van der Waals surface area contributed by atoms with Crippen molar-refractivity contribution < 1.29 is 18.0 Å². The van der Waals surface area contributed by atoms with E-state index in [0.717, 1.165) is 21.9 Å². The number of carbonyl (C=O) groups is 2. The summed E-state index contributed by atoms with van der Waals surface area (Å²) in [7, 11) is -4.10. The average molecular weight is 598 g/mol. The number of rotatable bonds is 13. The second kappa shape index (κ2) is 14.5. The Morgan fingerprint density at radius 2 is 1.46 bits per heavy atom. The highest BCUT2D eigenvalue weighted by Crippen LogP contribution is 2.27. The van der Waals surface area contributed by atoms with Crippen molar-refractivity contribution >= 4 is 39.1 Å². The Labute approximate surface area is 249 Å². The Morgan fingerprint density at radius 3 is 2.00 bits per heavy atom. The van der Waals surface area contributed by atoms with Gasteiger partial charge >= 0.3 is 0 Å². The van der Waals surface area contributed by atoms with Gasteiger partial charge < -0.3 is 10.2 Å². The number of nitrogens with one attached hydrogen (secondary N) is 1. The van der Waals surface area contributed by atoms with Crippen molar-refractivity contribution in [3.05, 3.63) is 95.0 Å². The van der Waals surface area contributed by atoms with E-state index >= 15 is 0 Å². The van der Waals surface area contributed by atoms with E-state index < -0.39 is 28.5 Å². The van der Waals surface area contributed by atoms with E-state index in [9.17, 15) is 18.0 Å². The molecule has 3 aromatic carbocycles. The SMILES string of the molecule is CCC(C)NC(=O)C(CC)N(Cc1ccc(Cl)cc1)C(=O)CN(c1ccc(C(C)C)cc1)S(=O)(=O)c1ccccc1. The lowest BCUT2D eigenvalue weighted by Crippen LogP contribution is -2.53. The van der Waals surface area contributed by atoms with Gasteiger partial charge in [0.1, 0.15) is 12.6 Å². The topological polar surface area (TPSA) is 86.8 Å². The van der Waals surface area contributed by atoms with Gasteiger partial charge in [-0.15, -0.1) is 0 Å². The fourth-order valence-electron chi connectivity index (χ4n) is 4.42. The monoisotopic (exact) mass is 597 g/mol. The molecule has 41 heavy (non-hydrogen) atoms. The molecular formula is C32H40ClN3O4S. The zero-order chi connectivity index (χ0) is 30.2. The molecule has 2 unspecified atom stereocenters. The highest BCUT2D eigenvalue weighted by atomic mass is 35.5. The molecule has 0 aromatic heterocycles. The Hall–Kier alpha value is -3.36. The minimum absolute atomic E-state index is 0.0709. The molecule has 3 rings (SSSR count). The third-order valence-electron chi connectivity index (χ3n) is 7.11. The lowest BCUT2D eigenvalue weighted by Gasteiger charge is -2.33. The van der Waals surface area contributed by atoms with Gasteiger partial charge in [0, 0.05) is 17.6 Å². The van der Waals surface area contributed by atoms with Crippen LogP contribution in [0, 0.1) is 0 Å². The first-order valence-corrected chi connectivity index (χ1v) is 15.8. The summed E-state index contributed by atoms with van der Waals surface area (Å²) in [6, 6.07) is 21.4. The standard InChI is InChI=1S/C32H40ClN3O4S/c1-6-24(5)34-32(38)30(7-2)35(21-25-13-17-27(33)18-14-25)31(37)22-36(28-19-15-26(16-20-28)23(3)4)41(39,40)29-11-9-8-10-12-29/h8-20,23-24,30H,6-7,21-22H2,1-5H3,(H,34,38). The Kier molecular flexibility index (Phi) is 11.4. The fraction of sp³-hybridized carbons (Fsp3) is 0.375. The van der Waals surface area contributed by atoms with Crippen molar-refractivity contribution in [3.8, 4) is 0 Å². The molecule has 0 fully saturated rings. The van der Waals surface area contributed by atoms with Crippen LogP contribution in [0.25, 0.3) is 0 Å². The number of hydrogen-bond donors (Lipinski definition) is 1.